The summed E-state index contributed by atoms with van der Waals surface area (Å²) < 4.78 is 0. The van der Waals surface area contributed by atoms with Crippen LogP contribution in [0, 0.1) is 0 Å². The Morgan fingerprint density at radius 3 is 1.24 bits per heavy atom. The fourth-order valence-corrected chi connectivity index (χ4v) is 8.48. The van der Waals surface area contributed by atoms with Crippen molar-refractivity contribution in [1.29, 1.82) is 0 Å². The summed E-state index contributed by atoms with van der Waals surface area (Å²) in [4.78, 5) is 0. The SMILES string of the molecule is c1ccc(Nc2ccc(-c3ccc(Nc4ccccc4)cc3-c3ccc4c(c3)C3(c5ccccc5-c5ccccc53)c3ccccc3-4)cc2)cc1. The third-order valence-corrected chi connectivity index (χ3v) is 10.6. The zero-order chi connectivity index (χ0) is 33.8. The van der Waals surface area contributed by atoms with Gasteiger partial charge >= 0.3 is 0 Å². The Kier molecular flexibility index (Phi) is 6.75. The Morgan fingerprint density at radius 2 is 0.667 bits per heavy atom. The summed E-state index contributed by atoms with van der Waals surface area (Å²) in [5.41, 5.74) is 19.3. The van der Waals surface area contributed by atoms with E-state index < -0.39 is 0 Å². The minimum absolute atomic E-state index is 0.389. The summed E-state index contributed by atoms with van der Waals surface area (Å²) in [6.45, 7) is 0. The highest BCUT2D eigenvalue weighted by Crippen LogP contribution is 2.63. The molecule has 0 atom stereocenters. The number of fused-ring (bicyclic) bond motifs is 10. The Bertz CT molecular complexity index is 2500. The lowest BCUT2D eigenvalue weighted by atomic mass is 9.70. The number of para-hydroxylation sites is 2. The molecule has 0 amide bonds. The molecule has 0 fully saturated rings. The molecule has 0 unspecified atom stereocenters. The number of benzene rings is 8. The number of hydrogen-bond donors (Lipinski definition) is 2. The maximum Gasteiger partial charge on any atom is 0.0725 e. The highest BCUT2D eigenvalue weighted by molar-refractivity contribution is 5.97. The third kappa shape index (κ3) is 4.65. The van der Waals surface area contributed by atoms with Crippen LogP contribution in [0.5, 0.6) is 0 Å². The zero-order valence-corrected chi connectivity index (χ0v) is 28.0. The lowest BCUT2D eigenvalue weighted by molar-refractivity contribution is 0.794. The molecule has 0 heterocycles. The van der Waals surface area contributed by atoms with Crippen molar-refractivity contribution in [3.05, 3.63) is 216 Å². The predicted octanol–water partition coefficient (Wildman–Crippen LogP) is 12.9. The van der Waals surface area contributed by atoms with Crippen LogP contribution in [0.1, 0.15) is 22.3 Å². The van der Waals surface area contributed by atoms with Crippen molar-refractivity contribution < 1.29 is 0 Å². The maximum absolute atomic E-state index is 3.66. The van der Waals surface area contributed by atoms with Gasteiger partial charge in [-0.3, -0.25) is 0 Å². The molecule has 51 heavy (non-hydrogen) atoms. The van der Waals surface area contributed by atoms with E-state index in [0.717, 1.165) is 22.7 Å². The molecule has 1 spiro atoms. The van der Waals surface area contributed by atoms with Crippen LogP contribution >= 0.6 is 0 Å². The van der Waals surface area contributed by atoms with Crippen LogP contribution in [0.25, 0.3) is 44.5 Å². The van der Waals surface area contributed by atoms with Crippen molar-refractivity contribution in [3.8, 4) is 44.5 Å². The van der Waals surface area contributed by atoms with E-state index in [1.165, 1.54) is 66.8 Å². The highest BCUT2D eigenvalue weighted by Gasteiger charge is 2.51. The second kappa shape index (κ2) is 11.8. The van der Waals surface area contributed by atoms with E-state index in [4.69, 9.17) is 0 Å². The highest BCUT2D eigenvalue weighted by atomic mass is 14.9. The van der Waals surface area contributed by atoms with Gasteiger partial charge in [0.15, 0.2) is 0 Å². The van der Waals surface area contributed by atoms with Crippen LogP contribution in [0.2, 0.25) is 0 Å². The van der Waals surface area contributed by atoms with Gasteiger partial charge in [-0.25, -0.2) is 0 Å². The molecule has 2 aliphatic rings. The summed E-state index contributed by atoms with van der Waals surface area (Å²) in [7, 11) is 0. The van der Waals surface area contributed by atoms with Crippen LogP contribution in [0.3, 0.4) is 0 Å². The van der Waals surface area contributed by atoms with E-state index >= 15 is 0 Å². The van der Waals surface area contributed by atoms with Gasteiger partial charge in [0.1, 0.15) is 0 Å². The quantitative estimate of drug-likeness (QED) is 0.187. The van der Waals surface area contributed by atoms with Gasteiger partial charge in [0.2, 0.25) is 0 Å². The number of nitrogens with one attached hydrogen (secondary N) is 2. The van der Waals surface area contributed by atoms with E-state index in [2.05, 4.69) is 193 Å². The van der Waals surface area contributed by atoms with Gasteiger partial charge in [-0.2, -0.15) is 0 Å². The average Bonchev–Trinajstić information content (AvgIpc) is 3.66. The minimum atomic E-state index is -0.389. The predicted molar refractivity (Wildman–Crippen MR) is 213 cm³/mol. The topological polar surface area (TPSA) is 24.1 Å². The lowest BCUT2D eigenvalue weighted by Crippen LogP contribution is -2.25. The molecular weight excluding hydrogens is 617 g/mol. The Hall–Kier alpha value is -6.64. The minimum Gasteiger partial charge on any atom is -0.356 e. The van der Waals surface area contributed by atoms with Gasteiger partial charge in [-0.1, -0.05) is 140 Å². The first-order chi connectivity index (χ1) is 25.3. The molecule has 2 heteroatoms. The fraction of sp³-hybridized carbons (Fsp3) is 0.0204. The van der Waals surface area contributed by atoms with Gasteiger partial charge in [0.25, 0.3) is 0 Å². The van der Waals surface area contributed by atoms with Crippen molar-refractivity contribution in [1.82, 2.24) is 0 Å². The zero-order valence-electron chi connectivity index (χ0n) is 28.0. The normalized spacial score (nSPS) is 12.9. The first kappa shape index (κ1) is 29.3. The summed E-state index contributed by atoms with van der Waals surface area (Å²) in [5, 5.41) is 7.20. The number of rotatable bonds is 6. The molecule has 0 aromatic heterocycles. The van der Waals surface area contributed by atoms with Crippen molar-refractivity contribution in [2.75, 3.05) is 10.6 Å². The Morgan fingerprint density at radius 1 is 0.255 bits per heavy atom. The Labute approximate surface area is 298 Å². The van der Waals surface area contributed by atoms with Gasteiger partial charge in [0.05, 0.1) is 5.41 Å². The van der Waals surface area contributed by atoms with E-state index in [0.29, 0.717) is 0 Å². The van der Waals surface area contributed by atoms with Crippen molar-refractivity contribution >= 4 is 22.7 Å². The molecule has 8 aromatic rings. The molecule has 0 bridgehead atoms. The van der Waals surface area contributed by atoms with E-state index in [9.17, 15) is 0 Å². The van der Waals surface area contributed by atoms with Crippen LogP contribution in [0.15, 0.2) is 194 Å². The molecule has 240 valence electrons. The van der Waals surface area contributed by atoms with Crippen LogP contribution < -0.4 is 10.6 Å². The van der Waals surface area contributed by atoms with Crippen LogP contribution in [-0.2, 0) is 5.41 Å². The second-order valence-electron chi connectivity index (χ2n) is 13.5. The average molecular weight is 651 g/mol. The van der Waals surface area contributed by atoms with Crippen LogP contribution in [0.4, 0.5) is 22.7 Å². The summed E-state index contributed by atoms with van der Waals surface area (Å²) in [6, 6.07) is 70.4. The lowest BCUT2D eigenvalue weighted by Gasteiger charge is -2.30. The number of anilines is 4. The molecule has 0 aliphatic heterocycles. The molecule has 10 rings (SSSR count). The Balaban J connectivity index is 1.16. The summed E-state index contributed by atoms with van der Waals surface area (Å²) in [5.74, 6) is 0. The number of hydrogen-bond acceptors (Lipinski definition) is 2. The molecule has 2 nitrogen and oxygen atoms in total. The molecule has 8 aromatic carbocycles. The smallest absolute Gasteiger partial charge is 0.0725 e. The first-order valence-corrected chi connectivity index (χ1v) is 17.6. The maximum atomic E-state index is 3.66. The molecule has 0 saturated carbocycles. The standard InChI is InChI=1S/C49H34N2/c1-3-13-35(14-4-1)50-37-26-23-33(24-27-37)39-30-28-38(51-36-15-5-2-6-16-36)32-44(39)34-25-29-43-42-19-9-12-22-47(42)49(48(43)31-34)45-20-10-7-17-40(45)41-18-8-11-21-46(41)49/h1-32,50-51H. The third-order valence-electron chi connectivity index (χ3n) is 10.6. The summed E-state index contributed by atoms with van der Waals surface area (Å²) >= 11 is 0. The van der Waals surface area contributed by atoms with E-state index in [1.54, 1.807) is 0 Å². The van der Waals surface area contributed by atoms with Crippen molar-refractivity contribution in [3.63, 3.8) is 0 Å². The molecule has 0 radical (unpaired) electrons. The molecule has 2 N–H and O–H groups in total. The van der Waals surface area contributed by atoms with Gasteiger partial charge in [-0.15, -0.1) is 0 Å². The van der Waals surface area contributed by atoms with Gasteiger partial charge in [-0.05, 0) is 121 Å². The van der Waals surface area contributed by atoms with E-state index in [1.807, 2.05) is 12.1 Å². The second-order valence-corrected chi connectivity index (χ2v) is 13.5. The molecular formula is C49H34N2. The first-order valence-electron chi connectivity index (χ1n) is 17.6. The monoisotopic (exact) mass is 650 g/mol. The molecule has 2 aliphatic carbocycles. The fourth-order valence-electron chi connectivity index (χ4n) is 8.48. The van der Waals surface area contributed by atoms with Crippen LogP contribution in [-0.4, -0.2) is 0 Å². The summed E-state index contributed by atoms with van der Waals surface area (Å²) in [6.07, 6.45) is 0. The van der Waals surface area contributed by atoms with Gasteiger partial charge in [0, 0.05) is 22.7 Å². The van der Waals surface area contributed by atoms with Gasteiger partial charge < -0.3 is 10.6 Å². The van der Waals surface area contributed by atoms with E-state index in [-0.39, 0.29) is 5.41 Å². The molecule has 0 saturated heterocycles. The van der Waals surface area contributed by atoms with Crippen molar-refractivity contribution in [2.45, 2.75) is 5.41 Å². The van der Waals surface area contributed by atoms with Crippen molar-refractivity contribution in [2.24, 2.45) is 0 Å². The largest absolute Gasteiger partial charge is 0.356 e.